The van der Waals surface area contributed by atoms with Crippen molar-refractivity contribution in [1.29, 1.82) is 0 Å². The molecule has 1 saturated carbocycles. The van der Waals surface area contributed by atoms with E-state index in [2.05, 4.69) is 14.5 Å². The second-order valence-electron chi connectivity index (χ2n) is 13.8. The normalized spacial score (nSPS) is 21.2. The van der Waals surface area contributed by atoms with Crippen LogP contribution in [0, 0.1) is 52.8 Å². The largest absolute Gasteiger partial charge is 0.493 e. The minimum atomic E-state index is -7.29. The van der Waals surface area contributed by atoms with Gasteiger partial charge in [-0.15, -0.1) is 10.1 Å². The monoisotopic (exact) mass is 993 g/mol. The summed E-state index contributed by atoms with van der Waals surface area (Å²) >= 11 is 0. The maximum Gasteiger partial charge on any atom is 0.493 e. The Kier molecular flexibility index (Phi) is 13.1. The van der Waals surface area contributed by atoms with Crippen LogP contribution in [0.25, 0.3) is 0 Å². The number of benzene rings is 2. The third kappa shape index (κ3) is 8.57. The predicted octanol–water partition coefficient (Wildman–Crippen LogP) is 5.63. The van der Waals surface area contributed by atoms with E-state index in [1.165, 1.54) is 24.3 Å². The second-order valence-corrected chi connectivity index (χ2v) is 13.8. The van der Waals surface area contributed by atoms with Crippen molar-refractivity contribution in [2.75, 3.05) is 0 Å². The molecule has 67 heavy (non-hydrogen) atoms. The topological polar surface area (TPSA) is 191 Å². The van der Waals surface area contributed by atoms with Gasteiger partial charge < -0.3 is 14.5 Å². The minimum absolute atomic E-state index is 0.0166. The molecule has 3 heterocycles. The van der Waals surface area contributed by atoms with Gasteiger partial charge >= 0.3 is 48.0 Å². The SMILES string of the molecule is O=C(ON1C(=O)c2ccccc2C1=O)c1c(F)c(F)c(F)c(F)c1F.O=C1C2C3C=CC(C3)C2C(=O)N1OC(=O)C(F)(F)F.O=C1CCC(=O)N1OC(=O)C(F)(F)C(F)(F)C(F)(F)C(F)(F)F. The molecule has 3 fully saturated rings. The summed E-state index contributed by atoms with van der Waals surface area (Å²) in [5, 5.41) is -0.847. The number of carbonyl (C=O) groups is 9. The van der Waals surface area contributed by atoms with E-state index in [0.717, 1.165) is 0 Å². The first kappa shape index (κ1) is 50.8. The van der Waals surface area contributed by atoms with Gasteiger partial charge in [0, 0.05) is 12.8 Å². The van der Waals surface area contributed by atoms with Crippen molar-refractivity contribution in [1.82, 2.24) is 15.2 Å². The van der Waals surface area contributed by atoms with Crippen LogP contribution < -0.4 is 0 Å². The third-order valence-corrected chi connectivity index (χ3v) is 9.76. The Bertz CT molecular complexity index is 2430. The summed E-state index contributed by atoms with van der Waals surface area (Å²) in [6, 6.07) is 5.25. The Morgan fingerprint density at radius 2 is 0.925 bits per heavy atom. The Hall–Kier alpha value is -7.18. The van der Waals surface area contributed by atoms with Crippen molar-refractivity contribution < 1.29 is 132 Å². The highest BCUT2D eigenvalue weighted by Gasteiger charge is 2.84. The van der Waals surface area contributed by atoms with Crippen LogP contribution in [0.2, 0.25) is 0 Å². The summed E-state index contributed by atoms with van der Waals surface area (Å²) in [7, 11) is 0. The van der Waals surface area contributed by atoms with Crippen molar-refractivity contribution in [3.05, 3.63) is 82.2 Å². The first-order chi connectivity index (χ1) is 30.6. The smallest absolute Gasteiger partial charge is 0.324 e. The minimum Gasteiger partial charge on any atom is -0.324 e. The van der Waals surface area contributed by atoms with Gasteiger partial charge in [-0.25, -0.2) is 36.3 Å². The van der Waals surface area contributed by atoms with Crippen LogP contribution in [0.5, 0.6) is 0 Å². The molecule has 2 aromatic carbocycles. The quantitative estimate of drug-likeness (QED) is 0.110. The Balaban J connectivity index is 0.000000190. The molecule has 4 unspecified atom stereocenters. The van der Waals surface area contributed by atoms with Crippen molar-refractivity contribution in [2.45, 2.75) is 49.4 Å². The van der Waals surface area contributed by atoms with Gasteiger partial charge in [-0.3, -0.25) is 28.8 Å². The molecule has 7 rings (SSSR count). The molecule has 2 aliphatic carbocycles. The maximum atomic E-state index is 13.6. The van der Waals surface area contributed by atoms with E-state index in [1.54, 1.807) is 12.2 Å². The molecule has 0 spiro atoms. The lowest BCUT2D eigenvalue weighted by atomic mass is 9.85. The Labute approximate surface area is 356 Å². The van der Waals surface area contributed by atoms with Crippen LogP contribution in [0.4, 0.5) is 74.6 Å². The van der Waals surface area contributed by atoms with Crippen LogP contribution in [0.15, 0.2) is 36.4 Å². The molecule has 0 radical (unpaired) electrons. The summed E-state index contributed by atoms with van der Waals surface area (Å²) in [5.74, 6) is -50.1. The molecular weight excluding hydrogens is 977 g/mol. The maximum absolute atomic E-state index is 13.6. The van der Waals surface area contributed by atoms with E-state index < -0.39 is 148 Å². The molecule has 0 N–H and O–H groups in total. The number of hydroxylamine groups is 6. The molecule has 0 aromatic heterocycles. The third-order valence-electron chi connectivity index (χ3n) is 9.76. The van der Waals surface area contributed by atoms with Gasteiger partial charge in [-0.1, -0.05) is 29.3 Å². The first-order valence-corrected chi connectivity index (χ1v) is 17.5. The first-order valence-electron chi connectivity index (χ1n) is 17.5. The lowest BCUT2D eigenvalue weighted by Gasteiger charge is -2.32. The molecule has 32 heteroatoms. The number of amides is 6. The van der Waals surface area contributed by atoms with Gasteiger partial charge in [-0.05, 0) is 30.4 Å². The Morgan fingerprint density at radius 1 is 0.522 bits per heavy atom. The van der Waals surface area contributed by atoms with Gasteiger partial charge in [0.05, 0.1) is 23.0 Å². The molecule has 3 aliphatic heterocycles. The standard InChI is InChI=1S/C15H4F5NO4.C11H8F3NO4.C9H4F9NO4/c16-8-7(9(17)11(19)12(20)10(8)18)15(24)25-21-13(22)5-3-1-2-4-6(5)14(21)23;12-11(13,14)10(18)19-15-8(16)6-4-1-2-5(3-4)7(6)9(15)17;10-6(11,7(12,13)8(14,15)9(16,17)18)5(22)23-19-3(20)1-2-4(19)21/h1-4H;1-2,4-7H,3H2;1-2H2. The van der Waals surface area contributed by atoms with E-state index in [9.17, 15) is 118 Å². The lowest BCUT2D eigenvalue weighted by molar-refractivity contribution is -0.392. The van der Waals surface area contributed by atoms with Crippen LogP contribution in [-0.4, -0.2) is 98.7 Å². The number of alkyl halides is 12. The summed E-state index contributed by atoms with van der Waals surface area (Å²) in [4.78, 5) is 114. The molecule has 362 valence electrons. The van der Waals surface area contributed by atoms with Gasteiger partial charge in [0.15, 0.2) is 23.3 Å². The molecule has 2 saturated heterocycles. The highest BCUT2D eigenvalue weighted by Crippen LogP contribution is 2.54. The van der Waals surface area contributed by atoms with E-state index in [4.69, 9.17) is 0 Å². The van der Waals surface area contributed by atoms with Crippen molar-refractivity contribution >= 4 is 53.4 Å². The van der Waals surface area contributed by atoms with Crippen LogP contribution in [0.1, 0.15) is 50.3 Å². The van der Waals surface area contributed by atoms with E-state index in [1.807, 2.05) is 0 Å². The fourth-order valence-electron chi connectivity index (χ4n) is 6.56. The Morgan fingerprint density at radius 3 is 1.33 bits per heavy atom. The zero-order valence-electron chi connectivity index (χ0n) is 31.6. The highest BCUT2D eigenvalue weighted by atomic mass is 19.4. The lowest BCUT2D eigenvalue weighted by Crippen LogP contribution is -2.64. The summed E-state index contributed by atoms with van der Waals surface area (Å²) in [5.41, 5.74) is -2.23. The molecule has 15 nitrogen and oxygen atoms in total. The predicted molar refractivity (Wildman–Crippen MR) is 168 cm³/mol. The molecular formula is C35H16F17N3O12. The van der Waals surface area contributed by atoms with Gasteiger partial charge in [0.1, 0.15) is 5.56 Å². The number of halogens is 17. The number of carbonyl (C=O) groups excluding carboxylic acids is 9. The van der Waals surface area contributed by atoms with Gasteiger partial charge in [0.2, 0.25) is 5.82 Å². The highest BCUT2D eigenvalue weighted by molar-refractivity contribution is 6.21. The fourth-order valence-corrected chi connectivity index (χ4v) is 6.56. The summed E-state index contributed by atoms with van der Waals surface area (Å²) < 4.78 is 215. The van der Waals surface area contributed by atoms with Crippen molar-refractivity contribution in [2.24, 2.45) is 23.7 Å². The molecule has 2 aromatic rings. The summed E-state index contributed by atoms with van der Waals surface area (Å²) in [6.45, 7) is 0. The number of rotatable bonds is 7. The van der Waals surface area contributed by atoms with Crippen LogP contribution in [0.3, 0.4) is 0 Å². The van der Waals surface area contributed by atoms with E-state index in [-0.39, 0.29) is 33.1 Å². The number of imide groups is 3. The number of nitrogens with zero attached hydrogens (tertiary/aromatic N) is 3. The van der Waals surface area contributed by atoms with Gasteiger partial charge in [-0.2, -0.15) is 52.7 Å². The van der Waals surface area contributed by atoms with Crippen LogP contribution >= 0.6 is 0 Å². The molecule has 4 atom stereocenters. The number of allylic oxidation sites excluding steroid dienone is 2. The number of fused-ring (bicyclic) bond motifs is 6. The average Bonchev–Trinajstić information content (AvgIpc) is 4.05. The second kappa shape index (κ2) is 17.2. The van der Waals surface area contributed by atoms with E-state index in [0.29, 0.717) is 6.42 Å². The van der Waals surface area contributed by atoms with Crippen LogP contribution in [-0.2, 0) is 43.3 Å². The van der Waals surface area contributed by atoms with Gasteiger partial charge in [0.25, 0.3) is 35.4 Å². The van der Waals surface area contributed by atoms with Crippen molar-refractivity contribution in [3.8, 4) is 0 Å². The number of hydrogen-bond donors (Lipinski definition) is 0. The average molecular weight is 993 g/mol. The fraction of sp³-hybridized carbons (Fsp3) is 0.343. The molecule has 6 amide bonds. The molecule has 5 aliphatic rings. The van der Waals surface area contributed by atoms with E-state index >= 15 is 0 Å². The van der Waals surface area contributed by atoms with Crippen molar-refractivity contribution in [3.63, 3.8) is 0 Å². The number of hydrogen-bond acceptors (Lipinski definition) is 12. The zero-order valence-corrected chi connectivity index (χ0v) is 31.6. The summed E-state index contributed by atoms with van der Waals surface area (Å²) in [6.07, 6.45) is -9.46. The molecule has 2 bridgehead atoms. The zero-order chi connectivity index (χ0) is 50.8.